The smallest absolute Gasteiger partial charge is 0.293 e. The van der Waals surface area contributed by atoms with Gasteiger partial charge in [-0.15, -0.1) is 0 Å². The predicted molar refractivity (Wildman–Crippen MR) is 77.7 cm³/mol. The van der Waals surface area contributed by atoms with Crippen molar-refractivity contribution in [2.75, 3.05) is 5.32 Å². The number of nitrogens with zero attached hydrogens (tertiary/aromatic N) is 2. The highest BCUT2D eigenvalue weighted by atomic mass is 35.5. The van der Waals surface area contributed by atoms with Gasteiger partial charge in [0.15, 0.2) is 5.82 Å². The van der Waals surface area contributed by atoms with Crippen LogP contribution in [-0.4, -0.2) is 9.55 Å². The van der Waals surface area contributed by atoms with Crippen molar-refractivity contribution in [3.63, 3.8) is 0 Å². The molecule has 1 aromatic heterocycles. The van der Waals surface area contributed by atoms with Crippen LogP contribution in [0.2, 0.25) is 5.02 Å². The van der Waals surface area contributed by atoms with Gasteiger partial charge in [0.1, 0.15) is 0 Å². The van der Waals surface area contributed by atoms with Gasteiger partial charge in [0, 0.05) is 24.0 Å². The zero-order valence-electron chi connectivity index (χ0n) is 10.9. The average molecular weight is 278 g/mol. The predicted octanol–water partition coefficient (Wildman–Crippen LogP) is 3.09. The lowest BCUT2D eigenvalue weighted by Crippen LogP contribution is -2.24. The van der Waals surface area contributed by atoms with Gasteiger partial charge in [-0.3, -0.25) is 4.79 Å². The van der Waals surface area contributed by atoms with Gasteiger partial charge in [0.2, 0.25) is 0 Å². The fourth-order valence-electron chi connectivity index (χ4n) is 1.90. The maximum absolute atomic E-state index is 12.1. The molecule has 2 rings (SSSR count). The highest BCUT2D eigenvalue weighted by molar-refractivity contribution is 6.31. The summed E-state index contributed by atoms with van der Waals surface area (Å²) in [6.07, 6.45) is 3.29. The molecule has 0 fully saturated rings. The van der Waals surface area contributed by atoms with Gasteiger partial charge in [-0.1, -0.05) is 29.8 Å². The molecule has 1 unspecified atom stereocenters. The van der Waals surface area contributed by atoms with Crippen molar-refractivity contribution in [2.45, 2.75) is 26.4 Å². The van der Waals surface area contributed by atoms with Crippen LogP contribution in [0.15, 0.2) is 41.5 Å². The fourth-order valence-corrected chi connectivity index (χ4v) is 2.20. The number of halogens is 1. The van der Waals surface area contributed by atoms with E-state index >= 15 is 0 Å². The van der Waals surface area contributed by atoms with Crippen LogP contribution in [-0.2, 0) is 6.54 Å². The van der Waals surface area contributed by atoms with E-state index in [0.29, 0.717) is 17.4 Å². The van der Waals surface area contributed by atoms with Gasteiger partial charge in [-0.2, -0.15) is 0 Å². The third-order valence-electron chi connectivity index (χ3n) is 2.98. The average Bonchev–Trinajstić information content (AvgIpc) is 2.41. The summed E-state index contributed by atoms with van der Waals surface area (Å²) in [5.74, 6) is 0.344. The maximum atomic E-state index is 12.1. The van der Waals surface area contributed by atoms with Gasteiger partial charge >= 0.3 is 0 Å². The van der Waals surface area contributed by atoms with Crippen LogP contribution in [0.4, 0.5) is 5.82 Å². The van der Waals surface area contributed by atoms with Crippen molar-refractivity contribution in [1.29, 1.82) is 0 Å². The molecule has 1 N–H and O–H groups in total. The molecule has 0 aliphatic heterocycles. The highest BCUT2D eigenvalue weighted by Crippen LogP contribution is 2.23. The number of rotatable bonds is 4. The van der Waals surface area contributed by atoms with Crippen LogP contribution in [0.1, 0.15) is 25.5 Å². The van der Waals surface area contributed by atoms with Gasteiger partial charge in [0.25, 0.3) is 5.56 Å². The summed E-state index contributed by atoms with van der Waals surface area (Å²) in [6.45, 7) is 4.49. The molecular weight excluding hydrogens is 262 g/mol. The Hall–Kier alpha value is -1.81. The molecule has 1 atom stereocenters. The Morgan fingerprint density at radius 3 is 2.84 bits per heavy atom. The van der Waals surface area contributed by atoms with Crippen LogP contribution < -0.4 is 10.9 Å². The lowest BCUT2D eigenvalue weighted by Gasteiger charge is -2.16. The Kier molecular flexibility index (Phi) is 4.22. The molecule has 0 saturated carbocycles. The highest BCUT2D eigenvalue weighted by Gasteiger charge is 2.12. The summed E-state index contributed by atoms with van der Waals surface area (Å²) >= 11 is 6.14. The van der Waals surface area contributed by atoms with E-state index in [1.165, 1.54) is 0 Å². The first-order chi connectivity index (χ1) is 9.13. The first kappa shape index (κ1) is 13.6. The Balaban J connectivity index is 2.27. The number of hydrogen-bond donors (Lipinski definition) is 1. The second-order valence-electron chi connectivity index (χ2n) is 4.25. The number of anilines is 1. The molecule has 1 aromatic carbocycles. The first-order valence-corrected chi connectivity index (χ1v) is 6.57. The van der Waals surface area contributed by atoms with Crippen molar-refractivity contribution in [2.24, 2.45) is 0 Å². The van der Waals surface area contributed by atoms with Gasteiger partial charge < -0.3 is 9.88 Å². The van der Waals surface area contributed by atoms with Crippen LogP contribution >= 0.6 is 11.6 Å². The molecule has 100 valence electrons. The SMILES string of the molecule is CCn1ccnc(NC(C)c2ccccc2Cl)c1=O. The molecular formula is C14H16ClN3O. The summed E-state index contributed by atoms with van der Waals surface area (Å²) in [7, 11) is 0. The molecule has 0 saturated heterocycles. The molecule has 0 aliphatic carbocycles. The van der Waals surface area contributed by atoms with Gasteiger partial charge in [-0.25, -0.2) is 4.98 Å². The second kappa shape index (κ2) is 5.89. The molecule has 0 radical (unpaired) electrons. The standard InChI is InChI=1S/C14H16ClN3O/c1-3-18-9-8-16-13(14(18)19)17-10(2)11-6-4-5-7-12(11)15/h4-10H,3H2,1-2H3,(H,16,17). The molecule has 0 spiro atoms. The summed E-state index contributed by atoms with van der Waals surface area (Å²) < 4.78 is 1.61. The summed E-state index contributed by atoms with van der Waals surface area (Å²) in [4.78, 5) is 16.2. The molecule has 0 amide bonds. The van der Waals surface area contributed by atoms with Crippen LogP contribution in [0.25, 0.3) is 0 Å². The lowest BCUT2D eigenvalue weighted by molar-refractivity contribution is 0.714. The molecule has 4 nitrogen and oxygen atoms in total. The van der Waals surface area contributed by atoms with E-state index < -0.39 is 0 Å². The number of nitrogens with one attached hydrogen (secondary N) is 1. The van der Waals surface area contributed by atoms with E-state index in [1.807, 2.05) is 38.1 Å². The zero-order chi connectivity index (χ0) is 13.8. The Morgan fingerprint density at radius 1 is 1.42 bits per heavy atom. The van der Waals surface area contributed by atoms with Crippen molar-refractivity contribution in [1.82, 2.24) is 9.55 Å². The van der Waals surface area contributed by atoms with Gasteiger partial charge in [0.05, 0.1) is 6.04 Å². The minimum absolute atomic E-state index is 0.0818. The van der Waals surface area contributed by atoms with E-state index in [2.05, 4.69) is 10.3 Å². The van der Waals surface area contributed by atoms with Crippen molar-refractivity contribution < 1.29 is 0 Å². The quantitative estimate of drug-likeness (QED) is 0.934. The van der Waals surface area contributed by atoms with E-state index in [0.717, 1.165) is 5.56 Å². The molecule has 2 aromatic rings. The number of aryl methyl sites for hydroxylation is 1. The fraction of sp³-hybridized carbons (Fsp3) is 0.286. The molecule has 1 heterocycles. The third kappa shape index (κ3) is 2.96. The van der Waals surface area contributed by atoms with E-state index in [4.69, 9.17) is 11.6 Å². The second-order valence-corrected chi connectivity index (χ2v) is 4.66. The maximum Gasteiger partial charge on any atom is 0.293 e. The van der Waals surface area contributed by atoms with Crippen molar-refractivity contribution >= 4 is 17.4 Å². The largest absolute Gasteiger partial charge is 0.359 e. The Labute approximate surface area is 117 Å². The number of aromatic nitrogens is 2. The summed E-state index contributed by atoms with van der Waals surface area (Å²) in [5, 5.41) is 3.79. The van der Waals surface area contributed by atoms with Crippen LogP contribution in [0.3, 0.4) is 0 Å². The van der Waals surface area contributed by atoms with Crippen LogP contribution in [0, 0.1) is 0 Å². The topological polar surface area (TPSA) is 46.9 Å². The number of hydrogen-bond acceptors (Lipinski definition) is 3. The molecule has 5 heteroatoms. The van der Waals surface area contributed by atoms with Crippen LogP contribution in [0.5, 0.6) is 0 Å². The Bertz CT molecular complexity index is 624. The summed E-state index contributed by atoms with van der Waals surface area (Å²) in [5.41, 5.74) is 0.821. The molecule has 0 bridgehead atoms. The Morgan fingerprint density at radius 2 is 2.16 bits per heavy atom. The molecule has 0 aliphatic rings. The van der Waals surface area contributed by atoms with E-state index in [-0.39, 0.29) is 11.6 Å². The van der Waals surface area contributed by atoms with E-state index in [1.54, 1.807) is 17.0 Å². The zero-order valence-corrected chi connectivity index (χ0v) is 11.7. The van der Waals surface area contributed by atoms with Gasteiger partial charge in [-0.05, 0) is 25.5 Å². The van der Waals surface area contributed by atoms with E-state index in [9.17, 15) is 4.79 Å². The third-order valence-corrected chi connectivity index (χ3v) is 3.32. The lowest BCUT2D eigenvalue weighted by atomic mass is 10.1. The minimum Gasteiger partial charge on any atom is -0.359 e. The monoisotopic (exact) mass is 277 g/mol. The first-order valence-electron chi connectivity index (χ1n) is 6.20. The van der Waals surface area contributed by atoms with Crippen molar-refractivity contribution in [3.8, 4) is 0 Å². The summed E-state index contributed by atoms with van der Waals surface area (Å²) in [6, 6.07) is 7.48. The minimum atomic E-state index is -0.121. The molecule has 19 heavy (non-hydrogen) atoms. The van der Waals surface area contributed by atoms with Crippen molar-refractivity contribution in [3.05, 3.63) is 57.6 Å². The normalized spacial score (nSPS) is 12.2. The number of benzene rings is 1.